The van der Waals surface area contributed by atoms with Gasteiger partial charge in [0.25, 0.3) is 0 Å². The van der Waals surface area contributed by atoms with Gasteiger partial charge in [0, 0.05) is 12.4 Å². The summed E-state index contributed by atoms with van der Waals surface area (Å²) in [6, 6.07) is 0. The largest absolute Gasteiger partial charge is 0.309 e. The zero-order valence-electron chi connectivity index (χ0n) is 4.83. The average molecular weight is 121 g/mol. The van der Waals surface area contributed by atoms with Gasteiger partial charge in [-0.2, -0.15) is 0 Å². The summed E-state index contributed by atoms with van der Waals surface area (Å²) < 4.78 is 0. The van der Waals surface area contributed by atoms with Gasteiger partial charge in [-0.25, -0.2) is 0 Å². The maximum Gasteiger partial charge on any atom is 0.0760 e. The molecule has 9 heavy (non-hydrogen) atoms. The van der Waals surface area contributed by atoms with Crippen molar-refractivity contribution in [1.29, 1.82) is 0 Å². The molecule has 0 aromatic carbocycles. The van der Waals surface area contributed by atoms with Crippen LogP contribution in [0.25, 0.3) is 0 Å². The van der Waals surface area contributed by atoms with Gasteiger partial charge < -0.3 is 5.43 Å². The summed E-state index contributed by atoms with van der Waals surface area (Å²) >= 11 is 0. The number of fused-ring (bicyclic) bond motifs is 1. The minimum atomic E-state index is 1.14. The molecule has 0 bridgehead atoms. The zero-order chi connectivity index (χ0) is 6.10. The zero-order valence-corrected chi connectivity index (χ0v) is 4.83. The van der Waals surface area contributed by atoms with Crippen molar-refractivity contribution in [1.82, 2.24) is 16.0 Å². The molecular weight excluding hydrogens is 114 g/mol. The van der Waals surface area contributed by atoms with Crippen molar-refractivity contribution in [3.8, 4) is 0 Å². The van der Waals surface area contributed by atoms with Crippen LogP contribution in [0.2, 0.25) is 0 Å². The maximum absolute atomic E-state index is 2.91. The van der Waals surface area contributed by atoms with Gasteiger partial charge in [-0.15, -0.1) is 5.53 Å². The lowest BCUT2D eigenvalue weighted by Crippen LogP contribution is -2.33. The summed E-state index contributed by atoms with van der Waals surface area (Å²) in [6.45, 7) is 0. The number of allylic oxidation sites excluding steroid dienone is 3. The van der Waals surface area contributed by atoms with Crippen LogP contribution >= 0.6 is 0 Å². The van der Waals surface area contributed by atoms with Crippen molar-refractivity contribution in [2.45, 2.75) is 0 Å². The Morgan fingerprint density at radius 2 is 2.33 bits per heavy atom. The first-order chi connectivity index (χ1) is 4.47. The van der Waals surface area contributed by atoms with Crippen LogP contribution in [0.15, 0.2) is 36.3 Å². The van der Waals surface area contributed by atoms with Crippen molar-refractivity contribution in [3.05, 3.63) is 36.3 Å². The Balaban J connectivity index is 2.33. The molecule has 0 spiro atoms. The average Bonchev–Trinajstić information content (AvgIpc) is 2.33. The van der Waals surface area contributed by atoms with Crippen LogP contribution in [0.4, 0.5) is 0 Å². The van der Waals surface area contributed by atoms with Crippen LogP contribution in [0.3, 0.4) is 0 Å². The molecule has 0 atom stereocenters. The fourth-order valence-corrected chi connectivity index (χ4v) is 0.851. The first kappa shape index (κ1) is 4.64. The highest BCUT2D eigenvalue weighted by molar-refractivity contribution is 5.28. The maximum atomic E-state index is 2.91. The third-order valence-electron chi connectivity index (χ3n) is 1.30. The molecule has 46 valence electrons. The number of rotatable bonds is 0. The van der Waals surface area contributed by atoms with Crippen LogP contribution in [0.1, 0.15) is 0 Å². The monoisotopic (exact) mass is 121 g/mol. The predicted molar refractivity (Wildman–Crippen MR) is 34.5 cm³/mol. The van der Waals surface area contributed by atoms with E-state index in [9.17, 15) is 0 Å². The van der Waals surface area contributed by atoms with E-state index in [-0.39, 0.29) is 0 Å². The molecule has 2 aliphatic heterocycles. The fraction of sp³-hybridized carbons (Fsp3) is 0. The number of hydrazine groups is 2. The lowest BCUT2D eigenvalue weighted by molar-refractivity contribution is 0.349. The Hall–Kier alpha value is -1.22. The second-order valence-electron chi connectivity index (χ2n) is 1.90. The van der Waals surface area contributed by atoms with Gasteiger partial charge in [-0.3, -0.25) is 5.01 Å². The highest BCUT2D eigenvalue weighted by Crippen LogP contribution is 2.10. The molecule has 2 rings (SSSR count). The van der Waals surface area contributed by atoms with Crippen LogP contribution in [0.5, 0.6) is 0 Å². The standard InChI is InChI=1S/C6H7N3/c1-2-4-9-6(3-1)5-7-8-9/h1-5,7-8H. The summed E-state index contributed by atoms with van der Waals surface area (Å²) in [7, 11) is 0. The molecule has 0 aromatic rings. The molecule has 0 fully saturated rings. The Morgan fingerprint density at radius 1 is 1.33 bits per heavy atom. The van der Waals surface area contributed by atoms with E-state index in [4.69, 9.17) is 0 Å². The van der Waals surface area contributed by atoms with Crippen LogP contribution < -0.4 is 11.0 Å². The molecule has 0 amide bonds. The van der Waals surface area contributed by atoms with Gasteiger partial charge in [0.15, 0.2) is 0 Å². The summed E-state index contributed by atoms with van der Waals surface area (Å²) in [5, 5.41) is 1.90. The second-order valence-corrected chi connectivity index (χ2v) is 1.90. The van der Waals surface area contributed by atoms with E-state index in [0.717, 1.165) is 5.70 Å². The van der Waals surface area contributed by atoms with E-state index in [1.807, 2.05) is 35.6 Å². The fourth-order valence-electron chi connectivity index (χ4n) is 0.851. The van der Waals surface area contributed by atoms with Gasteiger partial charge in [-0.05, 0) is 12.2 Å². The van der Waals surface area contributed by atoms with Gasteiger partial charge in [0.05, 0.1) is 5.70 Å². The molecule has 3 heteroatoms. The van der Waals surface area contributed by atoms with E-state index in [1.54, 1.807) is 0 Å². The molecule has 2 N–H and O–H groups in total. The molecule has 0 saturated carbocycles. The summed E-state index contributed by atoms with van der Waals surface area (Å²) in [4.78, 5) is 0. The quantitative estimate of drug-likeness (QED) is 0.480. The molecular formula is C6H7N3. The molecule has 2 aliphatic rings. The minimum absolute atomic E-state index is 1.14. The normalized spacial score (nSPS) is 21.3. The molecule has 0 unspecified atom stereocenters. The lowest BCUT2D eigenvalue weighted by Gasteiger charge is -2.15. The van der Waals surface area contributed by atoms with Gasteiger partial charge >= 0.3 is 0 Å². The van der Waals surface area contributed by atoms with Crippen LogP contribution in [0, 0.1) is 0 Å². The smallest absolute Gasteiger partial charge is 0.0760 e. The summed E-state index contributed by atoms with van der Waals surface area (Å²) in [5.41, 5.74) is 6.92. The first-order valence-electron chi connectivity index (χ1n) is 2.82. The van der Waals surface area contributed by atoms with Crippen molar-refractivity contribution >= 4 is 0 Å². The third-order valence-corrected chi connectivity index (χ3v) is 1.30. The van der Waals surface area contributed by atoms with Crippen molar-refractivity contribution in [3.63, 3.8) is 0 Å². The van der Waals surface area contributed by atoms with Crippen LogP contribution in [-0.2, 0) is 0 Å². The number of nitrogens with one attached hydrogen (secondary N) is 2. The predicted octanol–water partition coefficient (Wildman–Crippen LogP) is 0.236. The number of nitrogens with zero attached hydrogens (tertiary/aromatic N) is 1. The molecule has 0 saturated heterocycles. The second kappa shape index (κ2) is 1.63. The van der Waals surface area contributed by atoms with Crippen molar-refractivity contribution in [2.24, 2.45) is 0 Å². The number of hydrogen-bond donors (Lipinski definition) is 2. The Morgan fingerprint density at radius 3 is 3.22 bits per heavy atom. The van der Waals surface area contributed by atoms with E-state index in [1.165, 1.54) is 0 Å². The summed E-state index contributed by atoms with van der Waals surface area (Å²) in [6.07, 6.45) is 9.84. The van der Waals surface area contributed by atoms with E-state index >= 15 is 0 Å². The molecule has 3 nitrogen and oxygen atoms in total. The van der Waals surface area contributed by atoms with E-state index < -0.39 is 0 Å². The highest BCUT2D eigenvalue weighted by Gasteiger charge is 2.09. The Bertz CT molecular complexity index is 200. The molecule has 0 aliphatic carbocycles. The van der Waals surface area contributed by atoms with E-state index in [0.29, 0.717) is 0 Å². The summed E-state index contributed by atoms with van der Waals surface area (Å²) in [5.74, 6) is 0. The van der Waals surface area contributed by atoms with Gasteiger partial charge in [0.2, 0.25) is 0 Å². The third kappa shape index (κ3) is 0.622. The molecule has 0 radical (unpaired) electrons. The van der Waals surface area contributed by atoms with Crippen molar-refractivity contribution < 1.29 is 0 Å². The highest BCUT2D eigenvalue weighted by atomic mass is 15.7. The van der Waals surface area contributed by atoms with Crippen molar-refractivity contribution in [2.75, 3.05) is 0 Å². The molecule has 2 heterocycles. The van der Waals surface area contributed by atoms with Gasteiger partial charge in [0.1, 0.15) is 0 Å². The Labute approximate surface area is 53.3 Å². The lowest BCUT2D eigenvalue weighted by atomic mass is 10.3. The molecule has 0 aromatic heterocycles. The number of hydrogen-bond acceptors (Lipinski definition) is 3. The SMILES string of the molecule is C1=CC2=CNNN2C=C1. The minimum Gasteiger partial charge on any atom is -0.309 e. The Kier molecular flexibility index (Phi) is 0.841. The van der Waals surface area contributed by atoms with Crippen LogP contribution in [-0.4, -0.2) is 5.01 Å². The first-order valence-corrected chi connectivity index (χ1v) is 2.82. The van der Waals surface area contributed by atoms with E-state index in [2.05, 4.69) is 11.0 Å². The topological polar surface area (TPSA) is 27.3 Å². The van der Waals surface area contributed by atoms with Gasteiger partial charge in [-0.1, -0.05) is 6.08 Å².